The molecule has 1 aliphatic rings. The average molecular weight is 422 g/mol. The fourth-order valence-electron chi connectivity index (χ4n) is 3.71. The minimum absolute atomic E-state index is 0.00461. The van der Waals surface area contributed by atoms with Gasteiger partial charge in [0, 0.05) is 24.8 Å². The van der Waals surface area contributed by atoms with Crippen LogP contribution in [-0.4, -0.2) is 26.9 Å². The third kappa shape index (κ3) is 5.35. The lowest BCUT2D eigenvalue weighted by Gasteiger charge is -2.29. The normalized spacial score (nSPS) is 19.1. The van der Waals surface area contributed by atoms with Crippen molar-refractivity contribution in [2.45, 2.75) is 45.1 Å². The summed E-state index contributed by atoms with van der Waals surface area (Å²) in [7, 11) is 1.67. The fraction of sp³-hybridized carbons (Fsp3) is 0.500. The smallest absolute Gasteiger partial charge is 0.201 e. The molecule has 0 saturated carbocycles. The van der Waals surface area contributed by atoms with Crippen LogP contribution in [0.15, 0.2) is 30.3 Å². The largest absolute Gasteiger partial charge is 0.490 e. The first-order valence-corrected chi connectivity index (χ1v) is 10.6. The van der Waals surface area contributed by atoms with Gasteiger partial charge in [-0.25, -0.2) is 8.78 Å². The van der Waals surface area contributed by atoms with Gasteiger partial charge in [-0.2, -0.15) is 4.39 Å². The van der Waals surface area contributed by atoms with Gasteiger partial charge in [-0.05, 0) is 55.4 Å². The Morgan fingerprint density at radius 1 is 1.03 bits per heavy atom. The lowest BCUT2D eigenvalue weighted by atomic mass is 9.91. The molecule has 0 radical (unpaired) electrons. The Morgan fingerprint density at radius 2 is 1.87 bits per heavy atom. The first-order chi connectivity index (χ1) is 14.5. The van der Waals surface area contributed by atoms with E-state index < -0.39 is 17.5 Å². The Morgan fingerprint density at radius 3 is 2.53 bits per heavy atom. The monoisotopic (exact) mass is 422 g/mol. The van der Waals surface area contributed by atoms with Crippen molar-refractivity contribution in [2.24, 2.45) is 5.92 Å². The Balaban J connectivity index is 1.72. The Hall–Kier alpha value is -2.05. The number of hydrogen-bond donors (Lipinski definition) is 0. The summed E-state index contributed by atoms with van der Waals surface area (Å²) >= 11 is 0. The predicted octanol–water partition coefficient (Wildman–Crippen LogP) is 6.45. The van der Waals surface area contributed by atoms with Crippen LogP contribution in [0, 0.1) is 23.4 Å². The third-order valence-corrected chi connectivity index (χ3v) is 5.56. The molecule has 1 saturated heterocycles. The van der Waals surface area contributed by atoms with E-state index in [4.69, 9.17) is 14.2 Å². The number of methoxy groups -OCH3 is 1. The number of hydrogen-bond acceptors (Lipinski definition) is 3. The molecular weight excluding hydrogens is 393 g/mol. The zero-order valence-corrected chi connectivity index (χ0v) is 17.6. The topological polar surface area (TPSA) is 27.7 Å². The van der Waals surface area contributed by atoms with E-state index in [-0.39, 0.29) is 23.0 Å². The van der Waals surface area contributed by atoms with E-state index in [0.717, 1.165) is 32.1 Å². The molecule has 0 bridgehead atoms. The molecular formula is C24H29F3O3. The van der Waals surface area contributed by atoms with E-state index in [9.17, 15) is 13.2 Å². The van der Waals surface area contributed by atoms with Gasteiger partial charge in [0.15, 0.2) is 11.6 Å². The lowest BCUT2D eigenvalue weighted by molar-refractivity contribution is -0.0260. The number of ether oxygens (including phenoxy) is 3. The molecule has 1 fully saturated rings. The molecule has 3 rings (SSSR count). The molecule has 3 nitrogen and oxygen atoms in total. The molecule has 0 amide bonds. The summed E-state index contributed by atoms with van der Waals surface area (Å²) in [4.78, 5) is 0. The summed E-state index contributed by atoms with van der Waals surface area (Å²) in [5.41, 5.74) is 0.732. The summed E-state index contributed by atoms with van der Waals surface area (Å²) in [6.07, 6.45) is 3.91. The Bertz CT molecular complexity index is 833. The van der Waals surface area contributed by atoms with Gasteiger partial charge in [-0.15, -0.1) is 0 Å². The van der Waals surface area contributed by atoms with Gasteiger partial charge in [-0.3, -0.25) is 0 Å². The van der Waals surface area contributed by atoms with Crippen molar-refractivity contribution in [2.75, 3.05) is 26.9 Å². The highest BCUT2D eigenvalue weighted by Crippen LogP contribution is 2.36. The first kappa shape index (κ1) is 22.6. The fourth-order valence-corrected chi connectivity index (χ4v) is 3.71. The van der Waals surface area contributed by atoms with Crippen LogP contribution in [0.3, 0.4) is 0 Å². The maximum absolute atomic E-state index is 14.8. The van der Waals surface area contributed by atoms with E-state index in [1.807, 2.05) is 6.92 Å². The SMILES string of the molecule is CCCCOc1ccc(-c2ccc(C3CCC(CCOC)CO3)c(F)c2)c(F)c1F. The van der Waals surface area contributed by atoms with Gasteiger partial charge >= 0.3 is 0 Å². The molecule has 2 unspecified atom stereocenters. The number of halogens is 3. The standard InChI is InChI=1S/C24H29F3O3/c1-3-4-12-29-22-10-8-18(23(26)24(22)27)17-6-7-19(20(25)14-17)21-9-5-16(15-30-21)11-13-28-2/h6-8,10,14,16,21H,3-5,9,11-13,15H2,1-2H3. The van der Waals surface area contributed by atoms with Crippen LogP contribution >= 0.6 is 0 Å². The second-order valence-electron chi connectivity index (χ2n) is 7.72. The molecule has 1 heterocycles. The van der Waals surface area contributed by atoms with Crippen molar-refractivity contribution in [3.05, 3.63) is 53.3 Å². The second-order valence-corrected chi connectivity index (χ2v) is 7.72. The van der Waals surface area contributed by atoms with Crippen LogP contribution < -0.4 is 4.74 Å². The number of unbranched alkanes of at least 4 members (excludes halogenated alkanes) is 1. The van der Waals surface area contributed by atoms with Crippen molar-refractivity contribution in [1.29, 1.82) is 0 Å². The van der Waals surface area contributed by atoms with Gasteiger partial charge in [-0.1, -0.05) is 25.5 Å². The third-order valence-electron chi connectivity index (χ3n) is 5.56. The maximum Gasteiger partial charge on any atom is 0.201 e. The van der Waals surface area contributed by atoms with Crippen LogP contribution in [0.2, 0.25) is 0 Å². The summed E-state index contributed by atoms with van der Waals surface area (Å²) < 4.78 is 60.0. The number of benzene rings is 2. The second kappa shape index (κ2) is 10.8. The molecule has 0 N–H and O–H groups in total. The van der Waals surface area contributed by atoms with Crippen LogP contribution in [0.25, 0.3) is 11.1 Å². The highest BCUT2D eigenvalue weighted by atomic mass is 19.2. The van der Waals surface area contributed by atoms with Gasteiger partial charge < -0.3 is 14.2 Å². The van der Waals surface area contributed by atoms with Crippen molar-refractivity contribution >= 4 is 0 Å². The lowest BCUT2D eigenvalue weighted by Crippen LogP contribution is -2.22. The van der Waals surface area contributed by atoms with Gasteiger partial charge in [0.2, 0.25) is 5.82 Å². The number of rotatable bonds is 9. The molecule has 0 aliphatic carbocycles. The van der Waals surface area contributed by atoms with Gasteiger partial charge in [0.05, 0.1) is 19.3 Å². The summed E-state index contributed by atoms with van der Waals surface area (Å²) in [6.45, 7) is 3.56. The molecule has 1 aliphatic heterocycles. The Labute approximate surface area is 176 Å². The average Bonchev–Trinajstić information content (AvgIpc) is 2.76. The minimum atomic E-state index is -1.05. The Kier molecular flexibility index (Phi) is 8.16. The molecule has 30 heavy (non-hydrogen) atoms. The molecule has 0 aromatic heterocycles. The summed E-state index contributed by atoms with van der Waals surface area (Å²) in [5, 5.41) is 0. The van der Waals surface area contributed by atoms with Crippen molar-refractivity contribution in [3.63, 3.8) is 0 Å². The van der Waals surface area contributed by atoms with Crippen molar-refractivity contribution in [3.8, 4) is 16.9 Å². The van der Waals surface area contributed by atoms with Crippen molar-refractivity contribution in [1.82, 2.24) is 0 Å². The zero-order valence-electron chi connectivity index (χ0n) is 17.6. The van der Waals surface area contributed by atoms with E-state index >= 15 is 0 Å². The summed E-state index contributed by atoms with van der Waals surface area (Å²) in [6, 6.07) is 7.26. The van der Waals surface area contributed by atoms with Gasteiger partial charge in [0.25, 0.3) is 0 Å². The quantitative estimate of drug-likeness (QED) is 0.435. The molecule has 2 aromatic rings. The van der Waals surface area contributed by atoms with E-state index in [1.165, 1.54) is 18.2 Å². The summed E-state index contributed by atoms with van der Waals surface area (Å²) in [5.74, 6) is -2.27. The minimum Gasteiger partial charge on any atom is -0.490 e. The molecule has 164 valence electrons. The molecule has 0 spiro atoms. The zero-order chi connectivity index (χ0) is 21.5. The predicted molar refractivity (Wildman–Crippen MR) is 110 cm³/mol. The van der Waals surface area contributed by atoms with E-state index in [2.05, 4.69) is 0 Å². The van der Waals surface area contributed by atoms with Crippen LogP contribution in [0.1, 0.15) is 50.7 Å². The van der Waals surface area contributed by atoms with E-state index in [1.54, 1.807) is 19.2 Å². The molecule has 2 aromatic carbocycles. The maximum atomic E-state index is 14.8. The van der Waals surface area contributed by atoms with Crippen LogP contribution in [0.5, 0.6) is 5.75 Å². The van der Waals surface area contributed by atoms with Crippen molar-refractivity contribution < 1.29 is 27.4 Å². The highest BCUT2D eigenvalue weighted by molar-refractivity contribution is 5.66. The molecule has 6 heteroatoms. The molecule has 2 atom stereocenters. The van der Waals surface area contributed by atoms with Gasteiger partial charge in [0.1, 0.15) is 5.82 Å². The first-order valence-electron chi connectivity index (χ1n) is 10.6. The van der Waals surface area contributed by atoms with E-state index in [0.29, 0.717) is 31.3 Å². The van der Waals surface area contributed by atoms with Crippen LogP contribution in [0.4, 0.5) is 13.2 Å². The highest BCUT2D eigenvalue weighted by Gasteiger charge is 2.25. The van der Waals surface area contributed by atoms with Crippen LogP contribution in [-0.2, 0) is 9.47 Å².